The Morgan fingerprint density at radius 3 is 2.49 bits per heavy atom. The van der Waals surface area contributed by atoms with E-state index in [0.717, 1.165) is 14.5 Å². The van der Waals surface area contributed by atoms with Gasteiger partial charge in [0, 0.05) is 10.0 Å². The molecule has 222 valence electrons. The van der Waals surface area contributed by atoms with Crippen LogP contribution >= 0.6 is 43.2 Å². The molecule has 0 spiro atoms. The number of allylic oxidation sites excluding steroid dienone is 1. The zero-order valence-corrected chi connectivity index (χ0v) is 27.8. The highest BCUT2D eigenvalue weighted by Crippen LogP contribution is 2.37. The van der Waals surface area contributed by atoms with Gasteiger partial charge < -0.3 is 18.9 Å². The molecule has 4 aromatic rings. The molecule has 0 N–H and O–H groups in total. The normalized spacial score (nSPS) is 14.7. The number of benzene rings is 3. The Hall–Kier alpha value is -3.67. The van der Waals surface area contributed by atoms with E-state index >= 15 is 0 Å². The fraction of sp³-hybridized carbons (Fsp3) is 0.219. The van der Waals surface area contributed by atoms with Crippen LogP contribution in [0.1, 0.15) is 36.6 Å². The molecule has 0 amide bonds. The smallest absolute Gasteiger partial charge is 0.338 e. The van der Waals surface area contributed by atoms with E-state index < -0.39 is 12.0 Å². The van der Waals surface area contributed by atoms with Gasteiger partial charge in [-0.2, -0.15) is 0 Å². The van der Waals surface area contributed by atoms with Gasteiger partial charge >= 0.3 is 5.97 Å². The highest BCUT2D eigenvalue weighted by Gasteiger charge is 2.34. The minimum absolute atomic E-state index is 0.183. The summed E-state index contributed by atoms with van der Waals surface area (Å²) >= 11 is 8.42. The lowest BCUT2D eigenvalue weighted by molar-refractivity contribution is -0.139. The van der Waals surface area contributed by atoms with Crippen molar-refractivity contribution in [1.29, 1.82) is 0 Å². The number of ether oxygens (including phenoxy) is 4. The van der Waals surface area contributed by atoms with Gasteiger partial charge in [0.2, 0.25) is 0 Å². The molecule has 8 nitrogen and oxygen atoms in total. The number of esters is 1. The molecule has 1 aliphatic heterocycles. The van der Waals surface area contributed by atoms with E-state index in [0.29, 0.717) is 50.0 Å². The molecule has 1 aliphatic rings. The zero-order valence-electron chi connectivity index (χ0n) is 23.9. The maximum absolute atomic E-state index is 14.2. The van der Waals surface area contributed by atoms with Crippen molar-refractivity contribution in [3.63, 3.8) is 0 Å². The van der Waals surface area contributed by atoms with E-state index in [4.69, 9.17) is 18.9 Å². The Morgan fingerprint density at radius 2 is 1.79 bits per heavy atom. The first-order valence-corrected chi connectivity index (χ1v) is 15.7. The van der Waals surface area contributed by atoms with Crippen molar-refractivity contribution >= 4 is 55.2 Å². The first-order chi connectivity index (χ1) is 20.7. The fourth-order valence-electron chi connectivity index (χ4n) is 4.84. The van der Waals surface area contributed by atoms with Crippen LogP contribution < -0.4 is 29.1 Å². The average molecular weight is 728 g/mol. The summed E-state index contributed by atoms with van der Waals surface area (Å²) in [6.07, 6.45) is 1.79. The molecule has 2 heterocycles. The number of thiazole rings is 1. The highest BCUT2D eigenvalue weighted by molar-refractivity contribution is 9.11. The molecule has 0 bridgehead atoms. The molecule has 0 aliphatic carbocycles. The van der Waals surface area contributed by atoms with Gasteiger partial charge in [-0.25, -0.2) is 9.79 Å². The lowest BCUT2D eigenvalue weighted by Crippen LogP contribution is -2.40. The van der Waals surface area contributed by atoms with Crippen LogP contribution in [-0.2, 0) is 16.1 Å². The minimum Gasteiger partial charge on any atom is -0.493 e. The molecule has 1 aromatic heterocycles. The number of carbonyl (C=O) groups excluding carboxylic acids is 1. The maximum Gasteiger partial charge on any atom is 0.338 e. The second-order valence-electron chi connectivity index (χ2n) is 9.50. The summed E-state index contributed by atoms with van der Waals surface area (Å²) in [5.74, 6) is 1.06. The van der Waals surface area contributed by atoms with Crippen LogP contribution in [-0.4, -0.2) is 31.4 Å². The summed E-state index contributed by atoms with van der Waals surface area (Å²) in [5.41, 5.74) is 2.82. The number of rotatable bonds is 9. The van der Waals surface area contributed by atoms with Crippen LogP contribution in [0.5, 0.6) is 17.2 Å². The third-order valence-corrected chi connectivity index (χ3v) is 8.82. The minimum atomic E-state index is -0.791. The number of nitrogens with zero attached hydrogens (tertiary/aromatic N) is 2. The van der Waals surface area contributed by atoms with Crippen molar-refractivity contribution in [2.45, 2.75) is 26.5 Å². The molecule has 0 fully saturated rings. The monoisotopic (exact) mass is 726 g/mol. The predicted octanol–water partition coefficient (Wildman–Crippen LogP) is 5.92. The van der Waals surface area contributed by atoms with Crippen LogP contribution in [0.2, 0.25) is 0 Å². The van der Waals surface area contributed by atoms with Gasteiger partial charge in [-0.3, -0.25) is 9.36 Å². The highest BCUT2D eigenvalue weighted by atomic mass is 79.9. The summed E-state index contributed by atoms with van der Waals surface area (Å²) < 4.78 is 26.1. The number of carbonyl (C=O) groups is 1. The fourth-order valence-corrected chi connectivity index (χ4v) is 7.25. The van der Waals surface area contributed by atoms with Gasteiger partial charge in [0.1, 0.15) is 12.4 Å². The number of hydrogen-bond acceptors (Lipinski definition) is 8. The molecule has 43 heavy (non-hydrogen) atoms. The van der Waals surface area contributed by atoms with Crippen LogP contribution in [0.3, 0.4) is 0 Å². The van der Waals surface area contributed by atoms with Gasteiger partial charge in [-0.1, -0.05) is 63.7 Å². The third kappa shape index (κ3) is 6.34. The van der Waals surface area contributed by atoms with Crippen LogP contribution in [0.15, 0.2) is 90.7 Å². The molecule has 3 aromatic carbocycles. The Labute approximate surface area is 269 Å². The Kier molecular flexibility index (Phi) is 9.53. The molecule has 0 saturated carbocycles. The standard InChI is InChI=1S/C32H28Br2N2O6S/c1-5-41-31(38)27-18(2)35-32-36(28(27)20-11-12-24(39-3)25(14-20)40-4)30(37)26(43-32)15-21-13-22(33)16-23(34)29(21)42-17-19-9-7-6-8-10-19/h6-16,28H,5,17H2,1-4H3/b26-15-/t28-/m0/s1. The summed E-state index contributed by atoms with van der Waals surface area (Å²) in [6.45, 7) is 4.02. The Bertz CT molecular complexity index is 1900. The zero-order chi connectivity index (χ0) is 30.7. The summed E-state index contributed by atoms with van der Waals surface area (Å²) in [6, 6.07) is 18.2. The van der Waals surface area contributed by atoms with E-state index in [1.54, 1.807) is 39.2 Å². The second-order valence-corrected chi connectivity index (χ2v) is 12.3. The van der Waals surface area contributed by atoms with Crippen molar-refractivity contribution in [3.8, 4) is 17.2 Å². The van der Waals surface area contributed by atoms with Crippen molar-refractivity contribution in [3.05, 3.63) is 117 Å². The average Bonchev–Trinajstić information content (AvgIpc) is 3.29. The quantitative estimate of drug-likeness (QED) is 0.199. The van der Waals surface area contributed by atoms with E-state index in [-0.39, 0.29) is 17.7 Å². The van der Waals surface area contributed by atoms with Crippen LogP contribution in [0.25, 0.3) is 6.08 Å². The molecule has 0 unspecified atom stereocenters. The number of fused-ring (bicyclic) bond motifs is 1. The molecule has 1 atom stereocenters. The lowest BCUT2D eigenvalue weighted by Gasteiger charge is -2.25. The van der Waals surface area contributed by atoms with Crippen molar-refractivity contribution in [2.24, 2.45) is 4.99 Å². The van der Waals surface area contributed by atoms with Crippen molar-refractivity contribution < 1.29 is 23.7 Å². The maximum atomic E-state index is 14.2. The largest absolute Gasteiger partial charge is 0.493 e. The van der Waals surface area contributed by atoms with E-state index in [2.05, 4.69) is 36.9 Å². The van der Waals surface area contributed by atoms with Gasteiger partial charge in [0.05, 0.1) is 47.1 Å². The summed E-state index contributed by atoms with van der Waals surface area (Å²) in [4.78, 5) is 32.5. The topological polar surface area (TPSA) is 88.4 Å². The molecule has 0 radical (unpaired) electrons. The van der Waals surface area contributed by atoms with Gasteiger partial charge in [-0.15, -0.1) is 0 Å². The Morgan fingerprint density at radius 1 is 1.05 bits per heavy atom. The van der Waals surface area contributed by atoms with E-state index in [1.165, 1.54) is 23.0 Å². The SMILES string of the molecule is CCOC(=O)C1=C(C)N=c2s/c(=C\c3cc(Br)cc(Br)c3OCc3ccccc3)c(=O)n2[C@H]1c1ccc(OC)c(OC)c1. The van der Waals surface area contributed by atoms with Gasteiger partial charge in [0.15, 0.2) is 16.3 Å². The van der Waals surface area contributed by atoms with E-state index in [1.807, 2.05) is 48.5 Å². The molecular formula is C32H28Br2N2O6S. The summed E-state index contributed by atoms with van der Waals surface area (Å²) in [7, 11) is 3.08. The predicted molar refractivity (Wildman–Crippen MR) is 173 cm³/mol. The first-order valence-electron chi connectivity index (χ1n) is 13.3. The first kappa shape index (κ1) is 30.8. The lowest BCUT2D eigenvalue weighted by atomic mass is 9.95. The van der Waals surface area contributed by atoms with E-state index in [9.17, 15) is 9.59 Å². The molecule has 5 rings (SSSR count). The van der Waals surface area contributed by atoms with Crippen LogP contribution in [0.4, 0.5) is 0 Å². The Balaban J connectivity index is 1.68. The number of hydrogen-bond donors (Lipinski definition) is 0. The molecular weight excluding hydrogens is 700 g/mol. The second kappa shape index (κ2) is 13.3. The van der Waals surface area contributed by atoms with Crippen molar-refractivity contribution in [1.82, 2.24) is 4.57 Å². The number of aromatic nitrogens is 1. The molecule has 11 heteroatoms. The van der Waals surface area contributed by atoms with Crippen molar-refractivity contribution in [2.75, 3.05) is 20.8 Å². The third-order valence-electron chi connectivity index (χ3n) is 6.79. The molecule has 0 saturated heterocycles. The van der Waals surface area contributed by atoms with Crippen LogP contribution in [0, 0.1) is 0 Å². The van der Waals surface area contributed by atoms with Gasteiger partial charge in [0.25, 0.3) is 5.56 Å². The number of halogens is 2. The number of methoxy groups -OCH3 is 2. The summed E-state index contributed by atoms with van der Waals surface area (Å²) in [5, 5.41) is 0. The van der Waals surface area contributed by atoms with Gasteiger partial charge in [-0.05, 0) is 71.2 Å².